The van der Waals surface area contributed by atoms with E-state index in [-0.39, 0.29) is 24.4 Å². The summed E-state index contributed by atoms with van der Waals surface area (Å²) in [4.78, 5) is 24.7. The van der Waals surface area contributed by atoms with Crippen LogP contribution in [0.25, 0.3) is 0 Å². The van der Waals surface area contributed by atoms with Gasteiger partial charge in [-0.25, -0.2) is 0 Å². The van der Waals surface area contributed by atoms with Gasteiger partial charge in [0.2, 0.25) is 5.91 Å². The average molecular weight is 415 g/mol. The van der Waals surface area contributed by atoms with Gasteiger partial charge in [0.05, 0.1) is 12.1 Å². The minimum atomic E-state index is -0.199. The summed E-state index contributed by atoms with van der Waals surface area (Å²) in [5.41, 5.74) is 2.96. The summed E-state index contributed by atoms with van der Waals surface area (Å²) in [6.45, 7) is 0.546. The number of rotatable bonds is 9. The second-order valence-electron chi connectivity index (χ2n) is 7.49. The normalized spacial score (nSPS) is 12.6. The summed E-state index contributed by atoms with van der Waals surface area (Å²) in [7, 11) is 0. The van der Waals surface area contributed by atoms with Crippen LogP contribution in [0.5, 0.6) is 5.75 Å². The highest BCUT2D eigenvalue weighted by Gasteiger charge is 2.24. The maximum Gasteiger partial charge on any atom is 0.253 e. The van der Waals surface area contributed by atoms with E-state index in [1.165, 1.54) is 0 Å². The van der Waals surface area contributed by atoms with Crippen molar-refractivity contribution >= 4 is 23.2 Å². The van der Waals surface area contributed by atoms with E-state index in [0.717, 1.165) is 24.2 Å². The number of carbonyl (C=O) groups is 2. The predicted molar refractivity (Wildman–Crippen MR) is 121 cm³/mol. The quantitative estimate of drug-likeness (QED) is 0.489. The highest BCUT2D eigenvalue weighted by molar-refractivity contribution is 6.01. The SMILES string of the molecule is O=C(CNc1ccccc1C(=O)NC1CC1)Nc1ccc(OCc2ccccc2)cc1. The number of hydrogen-bond acceptors (Lipinski definition) is 4. The van der Waals surface area contributed by atoms with Gasteiger partial charge in [0.15, 0.2) is 0 Å². The number of hydrogen-bond donors (Lipinski definition) is 3. The van der Waals surface area contributed by atoms with Crippen molar-refractivity contribution < 1.29 is 14.3 Å². The molecule has 0 heterocycles. The first-order chi connectivity index (χ1) is 15.2. The highest BCUT2D eigenvalue weighted by atomic mass is 16.5. The molecule has 3 aromatic rings. The number of para-hydroxylation sites is 1. The molecule has 0 spiro atoms. The summed E-state index contributed by atoms with van der Waals surface area (Å²) in [5.74, 6) is 0.419. The van der Waals surface area contributed by atoms with E-state index in [2.05, 4.69) is 16.0 Å². The van der Waals surface area contributed by atoms with Crippen molar-refractivity contribution in [3.05, 3.63) is 90.0 Å². The maximum absolute atomic E-state index is 12.4. The molecule has 4 rings (SSSR count). The lowest BCUT2D eigenvalue weighted by Gasteiger charge is -2.12. The number of amides is 2. The molecule has 0 unspecified atom stereocenters. The summed E-state index contributed by atoms with van der Waals surface area (Å²) < 4.78 is 5.76. The molecule has 0 aromatic heterocycles. The lowest BCUT2D eigenvalue weighted by atomic mass is 10.1. The smallest absolute Gasteiger partial charge is 0.253 e. The molecule has 1 aliphatic rings. The fourth-order valence-electron chi connectivity index (χ4n) is 3.08. The first-order valence-corrected chi connectivity index (χ1v) is 10.4. The van der Waals surface area contributed by atoms with E-state index in [9.17, 15) is 9.59 Å². The minimum Gasteiger partial charge on any atom is -0.489 e. The molecular weight excluding hydrogens is 390 g/mol. The Morgan fingerprint density at radius 2 is 1.58 bits per heavy atom. The Bertz CT molecular complexity index is 1030. The Morgan fingerprint density at radius 1 is 0.871 bits per heavy atom. The molecule has 1 saturated carbocycles. The molecule has 6 heteroatoms. The molecule has 0 radical (unpaired) electrons. The third-order valence-electron chi connectivity index (χ3n) is 4.91. The Kier molecular flexibility index (Phi) is 6.47. The molecule has 3 aromatic carbocycles. The fourth-order valence-corrected chi connectivity index (χ4v) is 3.08. The van der Waals surface area contributed by atoms with Crippen LogP contribution in [-0.2, 0) is 11.4 Å². The van der Waals surface area contributed by atoms with Gasteiger partial charge in [0, 0.05) is 17.4 Å². The fraction of sp³-hybridized carbons (Fsp3) is 0.200. The van der Waals surface area contributed by atoms with Crippen LogP contribution in [0.1, 0.15) is 28.8 Å². The van der Waals surface area contributed by atoms with Gasteiger partial charge in [-0.2, -0.15) is 0 Å². The van der Waals surface area contributed by atoms with Crippen LogP contribution in [-0.4, -0.2) is 24.4 Å². The summed E-state index contributed by atoms with van der Waals surface area (Å²) in [5, 5.41) is 8.88. The van der Waals surface area contributed by atoms with Crippen molar-refractivity contribution in [3.63, 3.8) is 0 Å². The van der Waals surface area contributed by atoms with E-state index in [1.54, 1.807) is 24.3 Å². The van der Waals surface area contributed by atoms with Gasteiger partial charge in [0.1, 0.15) is 12.4 Å². The third kappa shape index (κ3) is 6.09. The van der Waals surface area contributed by atoms with E-state index >= 15 is 0 Å². The zero-order chi connectivity index (χ0) is 21.5. The van der Waals surface area contributed by atoms with Crippen molar-refractivity contribution in [2.75, 3.05) is 17.2 Å². The molecule has 1 aliphatic carbocycles. The number of anilines is 2. The van der Waals surface area contributed by atoms with Crippen LogP contribution in [0.2, 0.25) is 0 Å². The molecule has 0 saturated heterocycles. The van der Waals surface area contributed by atoms with Gasteiger partial charge >= 0.3 is 0 Å². The molecule has 6 nitrogen and oxygen atoms in total. The lowest BCUT2D eigenvalue weighted by Crippen LogP contribution is -2.27. The van der Waals surface area contributed by atoms with E-state index in [0.29, 0.717) is 23.5 Å². The van der Waals surface area contributed by atoms with Gasteiger partial charge in [-0.15, -0.1) is 0 Å². The standard InChI is InChI=1S/C25H25N3O3/c29-24(16-26-23-9-5-4-8-22(23)25(30)28-20-10-11-20)27-19-12-14-21(15-13-19)31-17-18-6-2-1-3-7-18/h1-9,12-15,20,26H,10-11,16-17H2,(H,27,29)(H,28,30). The van der Waals surface area contributed by atoms with Crippen molar-refractivity contribution in [1.82, 2.24) is 5.32 Å². The van der Waals surface area contributed by atoms with Crippen LogP contribution < -0.4 is 20.7 Å². The highest BCUT2D eigenvalue weighted by Crippen LogP contribution is 2.22. The van der Waals surface area contributed by atoms with Crippen LogP contribution in [0.3, 0.4) is 0 Å². The monoisotopic (exact) mass is 415 g/mol. The number of carbonyl (C=O) groups excluding carboxylic acids is 2. The van der Waals surface area contributed by atoms with Crippen LogP contribution in [0, 0.1) is 0 Å². The number of benzene rings is 3. The predicted octanol–water partition coefficient (Wildman–Crippen LogP) is 4.21. The molecule has 2 amide bonds. The largest absolute Gasteiger partial charge is 0.489 e. The second kappa shape index (κ2) is 9.80. The second-order valence-corrected chi connectivity index (χ2v) is 7.49. The van der Waals surface area contributed by atoms with Gasteiger partial charge in [-0.05, 0) is 54.8 Å². The molecule has 0 aliphatic heterocycles. The third-order valence-corrected chi connectivity index (χ3v) is 4.91. The Balaban J connectivity index is 1.27. The zero-order valence-electron chi connectivity index (χ0n) is 17.1. The summed E-state index contributed by atoms with van der Waals surface area (Å²) in [6.07, 6.45) is 2.06. The van der Waals surface area contributed by atoms with Crippen molar-refractivity contribution in [2.24, 2.45) is 0 Å². The topological polar surface area (TPSA) is 79.5 Å². The van der Waals surface area contributed by atoms with Crippen molar-refractivity contribution in [2.45, 2.75) is 25.5 Å². The van der Waals surface area contributed by atoms with Gasteiger partial charge in [-0.1, -0.05) is 42.5 Å². The molecule has 3 N–H and O–H groups in total. The van der Waals surface area contributed by atoms with Crippen LogP contribution in [0.4, 0.5) is 11.4 Å². The zero-order valence-corrected chi connectivity index (χ0v) is 17.1. The number of nitrogens with one attached hydrogen (secondary N) is 3. The van der Waals surface area contributed by atoms with Crippen molar-refractivity contribution in [3.8, 4) is 5.75 Å². The first kappa shape index (κ1) is 20.5. The summed E-state index contributed by atoms with van der Waals surface area (Å²) >= 11 is 0. The number of ether oxygens (including phenoxy) is 1. The van der Waals surface area contributed by atoms with Gasteiger partial charge < -0.3 is 20.7 Å². The minimum absolute atomic E-state index is 0.0555. The molecular formula is C25H25N3O3. The Hall–Kier alpha value is -3.80. The lowest BCUT2D eigenvalue weighted by molar-refractivity contribution is -0.114. The first-order valence-electron chi connectivity index (χ1n) is 10.4. The van der Waals surface area contributed by atoms with Gasteiger partial charge in [0.25, 0.3) is 5.91 Å². The Labute approximate surface area is 181 Å². The van der Waals surface area contributed by atoms with E-state index < -0.39 is 0 Å². The molecule has 0 bridgehead atoms. The maximum atomic E-state index is 12.4. The molecule has 0 atom stereocenters. The molecule has 1 fully saturated rings. The average Bonchev–Trinajstić information content (AvgIpc) is 3.62. The van der Waals surface area contributed by atoms with Crippen LogP contribution >= 0.6 is 0 Å². The molecule has 158 valence electrons. The molecule has 31 heavy (non-hydrogen) atoms. The van der Waals surface area contributed by atoms with E-state index in [1.807, 2.05) is 54.6 Å². The van der Waals surface area contributed by atoms with E-state index in [4.69, 9.17) is 4.74 Å². The van der Waals surface area contributed by atoms with Crippen molar-refractivity contribution in [1.29, 1.82) is 0 Å². The Morgan fingerprint density at radius 3 is 2.32 bits per heavy atom. The van der Waals surface area contributed by atoms with Gasteiger partial charge in [-0.3, -0.25) is 9.59 Å². The van der Waals surface area contributed by atoms with Crippen LogP contribution in [0.15, 0.2) is 78.9 Å². The summed E-state index contributed by atoms with van der Waals surface area (Å²) in [6, 6.07) is 24.7.